The lowest BCUT2D eigenvalue weighted by Gasteiger charge is -2.33. The van der Waals surface area contributed by atoms with Crippen LogP contribution in [0.2, 0.25) is 0 Å². The van der Waals surface area contributed by atoms with E-state index in [1.165, 1.54) is 19.3 Å². The largest absolute Gasteiger partial charge is 0.385 e. The highest BCUT2D eigenvalue weighted by molar-refractivity contribution is 4.66. The van der Waals surface area contributed by atoms with Gasteiger partial charge in [0.2, 0.25) is 0 Å². The zero-order valence-electron chi connectivity index (χ0n) is 11.8. The molecule has 0 aliphatic carbocycles. The molecule has 0 aromatic heterocycles. The smallest absolute Gasteiger partial charge is 0.188 e. The highest BCUT2D eigenvalue weighted by Crippen LogP contribution is 2.19. The second-order valence-corrected chi connectivity index (χ2v) is 4.91. The second kappa shape index (κ2) is 9.73. The third kappa shape index (κ3) is 6.14. The van der Waals surface area contributed by atoms with Crippen LogP contribution < -0.4 is 0 Å². The van der Waals surface area contributed by atoms with Crippen LogP contribution in [0.1, 0.15) is 58.8 Å². The Bertz CT molecular complexity index is 198. The van der Waals surface area contributed by atoms with Gasteiger partial charge in [-0.25, -0.2) is 0 Å². The summed E-state index contributed by atoms with van der Waals surface area (Å²) in [5, 5.41) is 9.72. The molecule has 0 amide bonds. The van der Waals surface area contributed by atoms with Crippen molar-refractivity contribution in [2.45, 2.75) is 77.5 Å². The van der Waals surface area contributed by atoms with Crippen LogP contribution in [0, 0.1) is 0 Å². The van der Waals surface area contributed by atoms with E-state index < -0.39 is 12.4 Å². The molecule has 0 spiro atoms. The van der Waals surface area contributed by atoms with Crippen LogP contribution in [0.5, 0.6) is 0 Å². The molecule has 4 heteroatoms. The van der Waals surface area contributed by atoms with E-state index in [1.54, 1.807) is 0 Å². The van der Waals surface area contributed by atoms with Gasteiger partial charge in [-0.05, 0) is 19.3 Å². The fourth-order valence-corrected chi connectivity index (χ4v) is 1.95. The zero-order valence-corrected chi connectivity index (χ0v) is 11.8. The van der Waals surface area contributed by atoms with E-state index in [1.807, 2.05) is 0 Å². The Labute approximate surface area is 111 Å². The minimum Gasteiger partial charge on any atom is -0.385 e. The molecule has 1 aliphatic rings. The Morgan fingerprint density at radius 3 is 2.61 bits per heavy atom. The minimum absolute atomic E-state index is 0.211. The van der Waals surface area contributed by atoms with Gasteiger partial charge in [-0.1, -0.05) is 39.5 Å². The van der Waals surface area contributed by atoms with Crippen molar-refractivity contribution in [3.05, 3.63) is 0 Å². The molecule has 0 unspecified atom stereocenters. The van der Waals surface area contributed by atoms with Gasteiger partial charge in [0, 0.05) is 6.61 Å². The van der Waals surface area contributed by atoms with Crippen molar-refractivity contribution in [2.24, 2.45) is 0 Å². The normalized spacial score (nSPS) is 28.5. The number of aliphatic hydroxyl groups excluding tert-OH is 1. The third-order valence-corrected chi connectivity index (χ3v) is 3.13. The number of rotatable bonds is 9. The molecule has 18 heavy (non-hydrogen) atoms. The Hall–Kier alpha value is -0.160. The maximum Gasteiger partial charge on any atom is 0.188 e. The number of aliphatic hydroxyl groups is 1. The third-order valence-electron chi connectivity index (χ3n) is 3.13. The van der Waals surface area contributed by atoms with Crippen molar-refractivity contribution >= 4 is 0 Å². The summed E-state index contributed by atoms with van der Waals surface area (Å²) in [5.74, 6) is 0. The SMILES string of the molecule is CCCCCC[C@H]1OC[C@@H](O)[C@H](OCCCC)O1. The number of unbranched alkanes of at least 4 members (excludes halogenated alkanes) is 4. The van der Waals surface area contributed by atoms with Crippen molar-refractivity contribution in [1.82, 2.24) is 0 Å². The first-order chi connectivity index (χ1) is 8.77. The molecule has 1 N–H and O–H groups in total. The summed E-state index contributed by atoms with van der Waals surface area (Å²) >= 11 is 0. The van der Waals surface area contributed by atoms with Crippen LogP contribution in [0.4, 0.5) is 0 Å². The summed E-state index contributed by atoms with van der Waals surface area (Å²) < 4.78 is 16.6. The van der Waals surface area contributed by atoms with Crippen molar-refractivity contribution in [1.29, 1.82) is 0 Å². The lowest BCUT2D eigenvalue weighted by Crippen LogP contribution is -2.45. The molecule has 108 valence electrons. The molecule has 1 fully saturated rings. The van der Waals surface area contributed by atoms with Gasteiger partial charge in [-0.15, -0.1) is 0 Å². The second-order valence-electron chi connectivity index (χ2n) is 4.91. The van der Waals surface area contributed by atoms with Crippen LogP contribution >= 0.6 is 0 Å². The van der Waals surface area contributed by atoms with Gasteiger partial charge in [0.25, 0.3) is 0 Å². The lowest BCUT2D eigenvalue weighted by atomic mass is 10.1. The summed E-state index contributed by atoms with van der Waals surface area (Å²) in [6.45, 7) is 5.26. The maximum absolute atomic E-state index is 9.72. The van der Waals surface area contributed by atoms with Gasteiger partial charge in [0.15, 0.2) is 12.6 Å². The van der Waals surface area contributed by atoms with Crippen LogP contribution in [-0.4, -0.2) is 37.0 Å². The Morgan fingerprint density at radius 1 is 1.11 bits per heavy atom. The molecular formula is C14H28O4. The standard InChI is InChI=1S/C14H28O4/c1-3-5-7-8-9-13-17-11-12(15)14(18-13)16-10-6-4-2/h12-15H,3-11H2,1-2H3/t12-,13+,14-/m1/s1. The van der Waals surface area contributed by atoms with Gasteiger partial charge in [-0.2, -0.15) is 0 Å². The van der Waals surface area contributed by atoms with E-state index in [-0.39, 0.29) is 6.29 Å². The molecule has 1 aliphatic heterocycles. The molecule has 1 saturated heterocycles. The first-order valence-electron chi connectivity index (χ1n) is 7.34. The van der Waals surface area contributed by atoms with Crippen LogP contribution in [-0.2, 0) is 14.2 Å². The van der Waals surface area contributed by atoms with Gasteiger partial charge >= 0.3 is 0 Å². The van der Waals surface area contributed by atoms with E-state index >= 15 is 0 Å². The molecule has 0 aromatic rings. The molecule has 0 bridgehead atoms. The Morgan fingerprint density at radius 2 is 1.89 bits per heavy atom. The van der Waals surface area contributed by atoms with Crippen molar-refractivity contribution < 1.29 is 19.3 Å². The summed E-state index contributed by atoms with van der Waals surface area (Å²) in [6, 6.07) is 0. The highest BCUT2D eigenvalue weighted by atomic mass is 16.8. The summed E-state index contributed by atoms with van der Waals surface area (Å²) in [7, 11) is 0. The van der Waals surface area contributed by atoms with Crippen LogP contribution in [0.3, 0.4) is 0 Å². The molecule has 1 rings (SSSR count). The Balaban J connectivity index is 2.18. The van der Waals surface area contributed by atoms with E-state index in [2.05, 4.69) is 13.8 Å². The van der Waals surface area contributed by atoms with Crippen molar-refractivity contribution in [3.8, 4) is 0 Å². The summed E-state index contributed by atoms with van der Waals surface area (Å²) in [4.78, 5) is 0. The fourth-order valence-electron chi connectivity index (χ4n) is 1.95. The van der Waals surface area contributed by atoms with Crippen molar-refractivity contribution in [3.63, 3.8) is 0 Å². The lowest BCUT2D eigenvalue weighted by molar-refractivity contribution is -0.323. The topological polar surface area (TPSA) is 47.9 Å². The molecule has 0 radical (unpaired) electrons. The quantitative estimate of drug-likeness (QED) is 0.648. The molecule has 3 atom stereocenters. The first-order valence-corrected chi connectivity index (χ1v) is 7.34. The Kier molecular flexibility index (Phi) is 8.59. The number of hydrogen-bond acceptors (Lipinski definition) is 4. The number of hydrogen-bond donors (Lipinski definition) is 1. The summed E-state index contributed by atoms with van der Waals surface area (Å²) in [6.07, 6.45) is 6.39. The highest BCUT2D eigenvalue weighted by Gasteiger charge is 2.30. The molecule has 4 nitrogen and oxygen atoms in total. The summed E-state index contributed by atoms with van der Waals surface area (Å²) in [5.41, 5.74) is 0. The van der Waals surface area contributed by atoms with Gasteiger partial charge in [0.1, 0.15) is 6.10 Å². The van der Waals surface area contributed by atoms with E-state index in [4.69, 9.17) is 14.2 Å². The van der Waals surface area contributed by atoms with E-state index in [9.17, 15) is 5.11 Å². The van der Waals surface area contributed by atoms with Crippen LogP contribution in [0.25, 0.3) is 0 Å². The molecule has 1 heterocycles. The van der Waals surface area contributed by atoms with E-state index in [0.717, 1.165) is 25.7 Å². The number of ether oxygens (including phenoxy) is 3. The van der Waals surface area contributed by atoms with Crippen LogP contribution in [0.15, 0.2) is 0 Å². The monoisotopic (exact) mass is 260 g/mol. The molecule has 0 saturated carbocycles. The van der Waals surface area contributed by atoms with Gasteiger partial charge < -0.3 is 19.3 Å². The fraction of sp³-hybridized carbons (Fsp3) is 1.00. The average molecular weight is 260 g/mol. The molecular weight excluding hydrogens is 232 g/mol. The van der Waals surface area contributed by atoms with Gasteiger partial charge in [-0.3, -0.25) is 0 Å². The van der Waals surface area contributed by atoms with Crippen molar-refractivity contribution in [2.75, 3.05) is 13.2 Å². The molecule has 0 aromatic carbocycles. The van der Waals surface area contributed by atoms with Gasteiger partial charge in [0.05, 0.1) is 6.61 Å². The first kappa shape index (κ1) is 15.9. The predicted octanol–water partition coefficient (Wildman–Crippen LogP) is 2.83. The minimum atomic E-state index is -0.659. The predicted molar refractivity (Wildman–Crippen MR) is 70.2 cm³/mol. The average Bonchev–Trinajstić information content (AvgIpc) is 2.38. The zero-order chi connectivity index (χ0) is 13.2. The maximum atomic E-state index is 9.72. The van der Waals surface area contributed by atoms with E-state index in [0.29, 0.717) is 13.2 Å².